The molecule has 1 saturated heterocycles. The van der Waals surface area contributed by atoms with Crippen molar-refractivity contribution in [3.8, 4) is 0 Å². The normalized spacial score (nSPS) is 21.9. The second-order valence-corrected chi connectivity index (χ2v) is 5.18. The number of nitrogens with one attached hydrogen (secondary N) is 1. The number of amides is 1. The van der Waals surface area contributed by atoms with Gasteiger partial charge in [0.15, 0.2) is 0 Å². The van der Waals surface area contributed by atoms with Crippen LogP contribution >= 0.6 is 0 Å². The Hall–Kier alpha value is -1.88. The first-order chi connectivity index (χ1) is 9.16. The van der Waals surface area contributed by atoms with Gasteiger partial charge in [0, 0.05) is 18.7 Å². The highest BCUT2D eigenvalue weighted by atomic mass is 16.4. The molecule has 1 amide bonds. The summed E-state index contributed by atoms with van der Waals surface area (Å²) in [7, 11) is 0. The van der Waals surface area contributed by atoms with Gasteiger partial charge in [0.25, 0.3) is 0 Å². The van der Waals surface area contributed by atoms with E-state index in [2.05, 4.69) is 5.32 Å². The van der Waals surface area contributed by atoms with Crippen LogP contribution in [0.15, 0.2) is 24.3 Å². The van der Waals surface area contributed by atoms with Gasteiger partial charge in [-0.05, 0) is 30.6 Å². The molecule has 1 unspecified atom stereocenters. The quantitative estimate of drug-likeness (QED) is 0.844. The zero-order chi connectivity index (χ0) is 13.4. The number of carboxylic acid groups (broad SMARTS) is 1. The van der Waals surface area contributed by atoms with E-state index in [1.54, 1.807) is 11.0 Å². The number of rotatable bonds is 3. The van der Waals surface area contributed by atoms with Crippen molar-refractivity contribution >= 4 is 17.6 Å². The lowest BCUT2D eigenvalue weighted by Gasteiger charge is -2.28. The van der Waals surface area contributed by atoms with Crippen LogP contribution < -0.4 is 10.2 Å². The molecule has 1 aromatic carbocycles. The number of fused-ring (bicyclic) bond motifs is 1. The molecule has 1 atom stereocenters. The smallest absolute Gasteiger partial charge is 0.312 e. The number of carbonyl (C=O) groups is 2. The third-order valence-corrected chi connectivity index (χ3v) is 3.90. The highest BCUT2D eigenvalue weighted by Crippen LogP contribution is 2.36. The van der Waals surface area contributed by atoms with Gasteiger partial charge in [-0.3, -0.25) is 9.59 Å². The molecule has 0 radical (unpaired) electrons. The van der Waals surface area contributed by atoms with Crippen molar-refractivity contribution in [1.29, 1.82) is 0 Å². The van der Waals surface area contributed by atoms with Gasteiger partial charge in [-0.2, -0.15) is 0 Å². The first-order valence-electron chi connectivity index (χ1n) is 6.49. The minimum atomic E-state index is -0.868. The number of benzene rings is 1. The first kappa shape index (κ1) is 12.2. The third kappa shape index (κ3) is 2.10. The molecule has 5 heteroatoms. The molecule has 1 aromatic rings. The molecule has 2 N–H and O–H groups in total. The van der Waals surface area contributed by atoms with E-state index in [9.17, 15) is 14.7 Å². The molecular formula is C14H16N2O3. The Morgan fingerprint density at radius 3 is 2.68 bits per heavy atom. The minimum absolute atomic E-state index is 0.0303. The van der Waals surface area contributed by atoms with Crippen LogP contribution in [0.5, 0.6) is 0 Å². The fourth-order valence-electron chi connectivity index (χ4n) is 2.70. The summed E-state index contributed by atoms with van der Waals surface area (Å²) in [5.74, 6) is -1.04. The van der Waals surface area contributed by atoms with Crippen molar-refractivity contribution in [3.05, 3.63) is 29.8 Å². The van der Waals surface area contributed by atoms with Crippen molar-refractivity contribution in [3.63, 3.8) is 0 Å². The van der Waals surface area contributed by atoms with E-state index >= 15 is 0 Å². The van der Waals surface area contributed by atoms with Crippen molar-refractivity contribution < 1.29 is 14.7 Å². The number of anilines is 1. The zero-order valence-corrected chi connectivity index (χ0v) is 10.5. The average molecular weight is 260 g/mol. The van der Waals surface area contributed by atoms with Gasteiger partial charge in [0.05, 0.1) is 0 Å². The summed E-state index contributed by atoms with van der Waals surface area (Å²) in [6.07, 6.45) is 0.494. The van der Waals surface area contributed by atoms with Gasteiger partial charge in [0.1, 0.15) is 5.92 Å². The van der Waals surface area contributed by atoms with E-state index < -0.39 is 11.9 Å². The molecule has 2 aliphatic rings. The standard InChI is InChI=1S/C14H16N2O3/c17-13(5-9-6-15-7-9)16-8-11(14(18)19)10-3-1-2-4-12(10)16/h1-4,9,11,15H,5-8H2,(H,18,19). The van der Waals surface area contributed by atoms with Gasteiger partial charge < -0.3 is 15.3 Å². The summed E-state index contributed by atoms with van der Waals surface area (Å²) in [5, 5.41) is 12.4. The molecule has 3 rings (SSSR count). The Balaban J connectivity index is 1.83. The molecule has 0 aliphatic carbocycles. The minimum Gasteiger partial charge on any atom is -0.481 e. The SMILES string of the molecule is O=C(O)C1CN(C(=O)CC2CNC2)c2ccccc21. The van der Waals surface area contributed by atoms with Crippen LogP contribution in [0.25, 0.3) is 0 Å². The molecule has 0 bridgehead atoms. The Labute approximate surface area is 111 Å². The highest BCUT2D eigenvalue weighted by molar-refractivity contribution is 5.99. The molecule has 0 saturated carbocycles. The van der Waals surface area contributed by atoms with Gasteiger partial charge in [-0.1, -0.05) is 18.2 Å². The molecule has 2 heterocycles. The summed E-state index contributed by atoms with van der Waals surface area (Å²) >= 11 is 0. The van der Waals surface area contributed by atoms with Gasteiger partial charge in [-0.25, -0.2) is 0 Å². The van der Waals surface area contributed by atoms with Gasteiger partial charge in [0.2, 0.25) is 5.91 Å². The van der Waals surface area contributed by atoms with Crippen molar-refractivity contribution in [2.24, 2.45) is 5.92 Å². The molecule has 19 heavy (non-hydrogen) atoms. The van der Waals surface area contributed by atoms with E-state index in [1.807, 2.05) is 18.2 Å². The second kappa shape index (κ2) is 4.66. The van der Waals surface area contributed by atoms with E-state index in [0.717, 1.165) is 24.3 Å². The van der Waals surface area contributed by atoms with Crippen LogP contribution in [-0.4, -0.2) is 36.6 Å². The van der Waals surface area contributed by atoms with Gasteiger partial charge >= 0.3 is 5.97 Å². The van der Waals surface area contributed by atoms with E-state index in [-0.39, 0.29) is 12.5 Å². The van der Waals surface area contributed by atoms with Crippen LogP contribution in [0, 0.1) is 5.92 Å². The highest BCUT2D eigenvalue weighted by Gasteiger charge is 2.37. The second-order valence-electron chi connectivity index (χ2n) is 5.18. The molecule has 100 valence electrons. The molecule has 0 aromatic heterocycles. The van der Waals surface area contributed by atoms with Crippen LogP contribution in [0.3, 0.4) is 0 Å². The maximum absolute atomic E-state index is 12.3. The number of hydrogen-bond acceptors (Lipinski definition) is 3. The summed E-state index contributed by atoms with van der Waals surface area (Å²) in [6, 6.07) is 7.29. The number of aliphatic carboxylic acids is 1. The topological polar surface area (TPSA) is 69.6 Å². The number of hydrogen-bond donors (Lipinski definition) is 2. The number of para-hydroxylation sites is 1. The largest absolute Gasteiger partial charge is 0.481 e. The zero-order valence-electron chi connectivity index (χ0n) is 10.5. The molecule has 2 aliphatic heterocycles. The third-order valence-electron chi connectivity index (χ3n) is 3.90. The van der Waals surface area contributed by atoms with Crippen LogP contribution in [0.2, 0.25) is 0 Å². The Morgan fingerprint density at radius 2 is 2.05 bits per heavy atom. The van der Waals surface area contributed by atoms with Crippen molar-refractivity contribution in [2.45, 2.75) is 12.3 Å². The van der Waals surface area contributed by atoms with Crippen LogP contribution in [0.4, 0.5) is 5.69 Å². The summed E-state index contributed by atoms with van der Waals surface area (Å²) in [6.45, 7) is 2.01. The van der Waals surface area contributed by atoms with E-state index in [4.69, 9.17) is 0 Å². The predicted octanol–water partition coefficient (Wildman–Crippen LogP) is 0.811. The number of nitrogens with zero attached hydrogens (tertiary/aromatic N) is 1. The molecule has 0 spiro atoms. The fraction of sp³-hybridized carbons (Fsp3) is 0.429. The average Bonchev–Trinajstić information content (AvgIpc) is 2.73. The molecule has 1 fully saturated rings. The molecular weight excluding hydrogens is 244 g/mol. The Morgan fingerprint density at radius 1 is 1.32 bits per heavy atom. The summed E-state index contributed by atoms with van der Waals surface area (Å²) in [4.78, 5) is 25.2. The lowest BCUT2D eigenvalue weighted by atomic mass is 9.99. The van der Waals surface area contributed by atoms with Gasteiger partial charge in [-0.15, -0.1) is 0 Å². The summed E-state index contributed by atoms with van der Waals surface area (Å²) < 4.78 is 0. The summed E-state index contributed by atoms with van der Waals surface area (Å²) in [5.41, 5.74) is 1.50. The van der Waals surface area contributed by atoms with Crippen molar-refractivity contribution in [2.75, 3.05) is 24.5 Å². The maximum atomic E-state index is 12.3. The number of carboxylic acids is 1. The lowest BCUT2D eigenvalue weighted by molar-refractivity contribution is -0.138. The van der Waals surface area contributed by atoms with Crippen molar-refractivity contribution in [1.82, 2.24) is 5.32 Å². The maximum Gasteiger partial charge on any atom is 0.312 e. The Bertz CT molecular complexity index is 525. The van der Waals surface area contributed by atoms with Crippen LogP contribution in [-0.2, 0) is 9.59 Å². The van der Waals surface area contributed by atoms with E-state index in [1.165, 1.54) is 0 Å². The Kier molecular flexibility index (Phi) is 2.98. The lowest BCUT2D eigenvalue weighted by Crippen LogP contribution is -2.45. The monoisotopic (exact) mass is 260 g/mol. The predicted molar refractivity (Wildman–Crippen MR) is 70.1 cm³/mol. The first-order valence-corrected chi connectivity index (χ1v) is 6.49. The number of carbonyl (C=O) groups excluding carboxylic acids is 1. The fourth-order valence-corrected chi connectivity index (χ4v) is 2.70. The van der Waals surface area contributed by atoms with Crippen LogP contribution in [0.1, 0.15) is 17.9 Å². The molecule has 5 nitrogen and oxygen atoms in total. The van der Waals surface area contributed by atoms with E-state index in [0.29, 0.717) is 12.3 Å².